The lowest BCUT2D eigenvalue weighted by Crippen LogP contribution is -2.39. The monoisotopic (exact) mass is 178 g/mol. The topological polar surface area (TPSA) is 24.5 Å². The van der Waals surface area contributed by atoms with Crippen molar-refractivity contribution < 1.29 is 4.74 Å². The fraction of sp³-hybridized carbons (Fsp3) is 0.400. The first-order chi connectivity index (χ1) is 6.31. The van der Waals surface area contributed by atoms with Crippen molar-refractivity contribution in [2.45, 2.75) is 6.42 Å². The van der Waals surface area contributed by atoms with Crippen LogP contribution in [0.25, 0.3) is 0 Å². The summed E-state index contributed by atoms with van der Waals surface area (Å²) in [6, 6.07) is 6.18. The number of ether oxygens (including phenoxy) is 1. The lowest BCUT2D eigenvalue weighted by molar-refractivity contribution is 0.414. The molecule has 1 aliphatic heterocycles. The van der Waals surface area contributed by atoms with Gasteiger partial charge in [-0.25, -0.2) is 5.43 Å². The van der Waals surface area contributed by atoms with Crippen molar-refractivity contribution in [3.8, 4) is 5.75 Å². The Morgan fingerprint density at radius 1 is 1.46 bits per heavy atom. The number of anilines is 1. The highest BCUT2D eigenvalue weighted by atomic mass is 16.5. The van der Waals surface area contributed by atoms with Crippen LogP contribution in [-0.2, 0) is 6.42 Å². The number of hydrogen-bond acceptors (Lipinski definition) is 3. The molecule has 1 aliphatic rings. The summed E-state index contributed by atoms with van der Waals surface area (Å²) >= 11 is 0. The number of hydrogen-bond donors (Lipinski definition) is 1. The maximum atomic E-state index is 5.18. The van der Waals surface area contributed by atoms with Crippen LogP contribution in [0.5, 0.6) is 5.75 Å². The minimum absolute atomic E-state index is 0.939. The molecular weight excluding hydrogens is 164 g/mol. The fourth-order valence-corrected chi connectivity index (χ4v) is 1.66. The largest absolute Gasteiger partial charge is 0.497 e. The van der Waals surface area contributed by atoms with Gasteiger partial charge in [-0.1, -0.05) is 0 Å². The molecule has 0 unspecified atom stereocenters. The van der Waals surface area contributed by atoms with Crippen LogP contribution in [-0.4, -0.2) is 20.7 Å². The Morgan fingerprint density at radius 2 is 2.31 bits per heavy atom. The van der Waals surface area contributed by atoms with E-state index in [1.807, 2.05) is 13.1 Å². The predicted molar refractivity (Wildman–Crippen MR) is 53.1 cm³/mol. The van der Waals surface area contributed by atoms with Crippen molar-refractivity contribution in [2.24, 2.45) is 0 Å². The Kier molecular flexibility index (Phi) is 2.10. The Balaban J connectivity index is 2.39. The summed E-state index contributed by atoms with van der Waals surface area (Å²) in [5, 5.41) is 2.05. The number of fused-ring (bicyclic) bond motifs is 1. The van der Waals surface area contributed by atoms with Gasteiger partial charge >= 0.3 is 0 Å². The van der Waals surface area contributed by atoms with Crippen molar-refractivity contribution in [3.63, 3.8) is 0 Å². The Bertz CT molecular complexity index is 312. The van der Waals surface area contributed by atoms with E-state index in [0.29, 0.717) is 0 Å². The average Bonchev–Trinajstić information content (AvgIpc) is 2.18. The number of nitrogens with zero attached hydrogens (tertiary/aromatic N) is 1. The molecule has 70 valence electrons. The molecule has 2 rings (SSSR count). The normalized spacial score (nSPS) is 15.4. The molecule has 0 fully saturated rings. The SMILES string of the molecule is COc1ccc2c(c1)CCNN2C. The molecule has 0 saturated heterocycles. The van der Waals surface area contributed by atoms with Crippen LogP contribution >= 0.6 is 0 Å². The molecule has 0 aromatic heterocycles. The van der Waals surface area contributed by atoms with E-state index < -0.39 is 0 Å². The van der Waals surface area contributed by atoms with Gasteiger partial charge in [-0.05, 0) is 30.2 Å². The lowest BCUT2D eigenvalue weighted by Gasteiger charge is -2.28. The van der Waals surface area contributed by atoms with Crippen LogP contribution in [0.4, 0.5) is 5.69 Å². The molecule has 1 heterocycles. The van der Waals surface area contributed by atoms with Crippen molar-refractivity contribution in [1.82, 2.24) is 5.43 Å². The molecule has 3 heteroatoms. The van der Waals surface area contributed by atoms with Gasteiger partial charge < -0.3 is 9.75 Å². The first-order valence-electron chi connectivity index (χ1n) is 4.45. The van der Waals surface area contributed by atoms with E-state index in [0.717, 1.165) is 18.7 Å². The molecule has 0 saturated carbocycles. The third kappa shape index (κ3) is 1.47. The number of hydrazine groups is 1. The zero-order valence-corrected chi connectivity index (χ0v) is 8.00. The summed E-state index contributed by atoms with van der Waals surface area (Å²) < 4.78 is 5.18. The Labute approximate surface area is 78.3 Å². The molecule has 1 aromatic rings. The van der Waals surface area contributed by atoms with Gasteiger partial charge in [0.05, 0.1) is 12.8 Å². The van der Waals surface area contributed by atoms with Gasteiger partial charge in [0.15, 0.2) is 0 Å². The molecule has 1 aromatic carbocycles. The van der Waals surface area contributed by atoms with Gasteiger partial charge in [0.25, 0.3) is 0 Å². The summed E-state index contributed by atoms with van der Waals surface area (Å²) in [5.41, 5.74) is 5.86. The van der Waals surface area contributed by atoms with Crippen LogP contribution in [0.15, 0.2) is 18.2 Å². The molecule has 3 nitrogen and oxygen atoms in total. The maximum Gasteiger partial charge on any atom is 0.119 e. The third-order valence-electron chi connectivity index (χ3n) is 2.39. The van der Waals surface area contributed by atoms with Gasteiger partial charge in [0.2, 0.25) is 0 Å². The van der Waals surface area contributed by atoms with Crippen molar-refractivity contribution >= 4 is 5.69 Å². The quantitative estimate of drug-likeness (QED) is 0.699. The predicted octanol–water partition coefficient (Wildman–Crippen LogP) is 1.19. The maximum absolute atomic E-state index is 5.18. The van der Waals surface area contributed by atoms with Crippen molar-refractivity contribution in [1.29, 1.82) is 0 Å². The second-order valence-corrected chi connectivity index (χ2v) is 3.21. The summed E-state index contributed by atoms with van der Waals surface area (Å²) in [4.78, 5) is 0. The minimum atomic E-state index is 0.939. The molecule has 0 bridgehead atoms. The highest BCUT2D eigenvalue weighted by molar-refractivity contribution is 5.56. The van der Waals surface area contributed by atoms with Gasteiger partial charge in [-0.3, -0.25) is 0 Å². The molecule has 0 radical (unpaired) electrons. The van der Waals surface area contributed by atoms with Gasteiger partial charge in [-0.15, -0.1) is 0 Å². The number of methoxy groups -OCH3 is 1. The molecule has 13 heavy (non-hydrogen) atoms. The van der Waals surface area contributed by atoms with E-state index in [2.05, 4.69) is 22.6 Å². The van der Waals surface area contributed by atoms with Crippen molar-refractivity contribution in [3.05, 3.63) is 23.8 Å². The van der Waals surface area contributed by atoms with Crippen LogP contribution < -0.4 is 15.2 Å². The van der Waals surface area contributed by atoms with Crippen LogP contribution in [0.2, 0.25) is 0 Å². The van der Waals surface area contributed by atoms with E-state index in [1.54, 1.807) is 7.11 Å². The van der Waals surface area contributed by atoms with Crippen LogP contribution in [0.3, 0.4) is 0 Å². The lowest BCUT2D eigenvalue weighted by atomic mass is 10.1. The second kappa shape index (κ2) is 3.26. The smallest absolute Gasteiger partial charge is 0.119 e. The van der Waals surface area contributed by atoms with Crippen molar-refractivity contribution in [2.75, 3.05) is 25.7 Å². The zero-order valence-electron chi connectivity index (χ0n) is 8.00. The van der Waals surface area contributed by atoms with E-state index in [-0.39, 0.29) is 0 Å². The van der Waals surface area contributed by atoms with Crippen LogP contribution in [0, 0.1) is 0 Å². The molecule has 1 N–H and O–H groups in total. The molecule has 0 spiro atoms. The first-order valence-corrected chi connectivity index (χ1v) is 4.45. The van der Waals surface area contributed by atoms with Crippen LogP contribution in [0.1, 0.15) is 5.56 Å². The summed E-state index contributed by atoms with van der Waals surface area (Å²) in [6.45, 7) is 0.997. The molecular formula is C10H14N2O. The van der Waals surface area contributed by atoms with E-state index >= 15 is 0 Å². The standard InChI is InChI=1S/C10H14N2O/c1-12-10-4-3-9(13-2)7-8(10)5-6-11-12/h3-4,7,11H,5-6H2,1-2H3. The number of nitrogens with one attached hydrogen (secondary N) is 1. The second-order valence-electron chi connectivity index (χ2n) is 3.21. The highest BCUT2D eigenvalue weighted by Crippen LogP contribution is 2.26. The molecule has 0 amide bonds. The summed E-state index contributed by atoms with van der Waals surface area (Å²) in [6.07, 6.45) is 1.07. The average molecular weight is 178 g/mol. The van der Waals surface area contributed by atoms with Gasteiger partial charge in [0, 0.05) is 13.6 Å². The minimum Gasteiger partial charge on any atom is -0.497 e. The number of benzene rings is 1. The Morgan fingerprint density at radius 3 is 3.08 bits per heavy atom. The third-order valence-corrected chi connectivity index (χ3v) is 2.39. The number of rotatable bonds is 1. The first kappa shape index (κ1) is 8.38. The van der Waals surface area contributed by atoms with Gasteiger partial charge in [-0.2, -0.15) is 0 Å². The fourth-order valence-electron chi connectivity index (χ4n) is 1.66. The summed E-state index contributed by atoms with van der Waals surface area (Å²) in [5.74, 6) is 0.939. The Hall–Kier alpha value is -1.22. The van der Waals surface area contributed by atoms with E-state index in [9.17, 15) is 0 Å². The van der Waals surface area contributed by atoms with E-state index in [1.165, 1.54) is 11.3 Å². The zero-order chi connectivity index (χ0) is 9.26. The summed E-state index contributed by atoms with van der Waals surface area (Å²) in [7, 11) is 3.73. The van der Waals surface area contributed by atoms with Gasteiger partial charge in [0.1, 0.15) is 5.75 Å². The molecule has 0 aliphatic carbocycles. The molecule has 0 atom stereocenters. The van der Waals surface area contributed by atoms with E-state index in [4.69, 9.17) is 4.74 Å². The highest BCUT2D eigenvalue weighted by Gasteiger charge is 2.12.